The van der Waals surface area contributed by atoms with E-state index in [0.717, 1.165) is 25.9 Å². The van der Waals surface area contributed by atoms with Crippen LogP contribution in [0.5, 0.6) is 0 Å². The minimum atomic E-state index is -0.581. The summed E-state index contributed by atoms with van der Waals surface area (Å²) in [5, 5.41) is 0. The first-order valence-electron chi connectivity index (χ1n) is 5.28. The van der Waals surface area contributed by atoms with Gasteiger partial charge in [0.2, 0.25) is 5.95 Å². The fourth-order valence-corrected chi connectivity index (χ4v) is 1.94. The number of carbonyl (C=O) groups excluding carboxylic acids is 1. The molecule has 16 heavy (non-hydrogen) atoms. The van der Waals surface area contributed by atoms with E-state index in [0.29, 0.717) is 11.6 Å². The molecule has 0 spiro atoms. The molecule has 2 rings (SSSR count). The molecule has 6 heteroatoms. The van der Waals surface area contributed by atoms with Crippen LogP contribution in [-0.2, 0) is 0 Å². The Kier molecular flexibility index (Phi) is 2.64. The zero-order chi connectivity index (χ0) is 11.7. The molecule has 1 aliphatic rings. The van der Waals surface area contributed by atoms with Crippen LogP contribution in [0, 0.1) is 6.92 Å². The molecular formula is C10H15N5O. The standard InChI is InChI=1S/C10H15N5O/c1-6-7(9(12)16)8(11)14-10(13-6)15-4-2-3-5-15/h2-5H2,1H3,(H2,12,16)(H2,11,13,14). The van der Waals surface area contributed by atoms with E-state index in [1.165, 1.54) is 0 Å². The molecule has 0 bridgehead atoms. The first-order valence-corrected chi connectivity index (χ1v) is 5.28. The number of anilines is 2. The highest BCUT2D eigenvalue weighted by Gasteiger charge is 2.19. The maximum Gasteiger partial charge on any atom is 0.254 e. The predicted molar refractivity (Wildman–Crippen MR) is 61.1 cm³/mol. The summed E-state index contributed by atoms with van der Waals surface area (Å²) in [5.41, 5.74) is 11.7. The van der Waals surface area contributed by atoms with Crippen LogP contribution in [0.15, 0.2) is 0 Å². The second-order valence-electron chi connectivity index (χ2n) is 3.93. The normalized spacial score (nSPS) is 15.4. The number of nitrogens with zero attached hydrogens (tertiary/aromatic N) is 3. The van der Waals surface area contributed by atoms with Crippen molar-refractivity contribution in [3.63, 3.8) is 0 Å². The topological polar surface area (TPSA) is 98.1 Å². The smallest absolute Gasteiger partial charge is 0.254 e. The second kappa shape index (κ2) is 3.96. The van der Waals surface area contributed by atoms with Crippen LogP contribution in [0.25, 0.3) is 0 Å². The Labute approximate surface area is 93.7 Å². The Morgan fingerprint density at radius 2 is 1.94 bits per heavy atom. The van der Waals surface area contributed by atoms with Gasteiger partial charge >= 0.3 is 0 Å². The molecule has 0 aromatic carbocycles. The maximum atomic E-state index is 11.1. The Balaban J connectivity index is 2.40. The summed E-state index contributed by atoms with van der Waals surface area (Å²) in [5.74, 6) is 0.183. The second-order valence-corrected chi connectivity index (χ2v) is 3.93. The monoisotopic (exact) mass is 221 g/mol. The van der Waals surface area contributed by atoms with Crippen LogP contribution in [0.1, 0.15) is 28.9 Å². The highest BCUT2D eigenvalue weighted by atomic mass is 16.1. The van der Waals surface area contributed by atoms with Crippen molar-refractivity contribution in [1.29, 1.82) is 0 Å². The van der Waals surface area contributed by atoms with E-state index in [-0.39, 0.29) is 11.4 Å². The van der Waals surface area contributed by atoms with E-state index < -0.39 is 5.91 Å². The molecule has 1 amide bonds. The van der Waals surface area contributed by atoms with Crippen molar-refractivity contribution >= 4 is 17.7 Å². The zero-order valence-electron chi connectivity index (χ0n) is 9.23. The summed E-state index contributed by atoms with van der Waals surface area (Å²) in [6, 6.07) is 0. The highest BCUT2D eigenvalue weighted by molar-refractivity contribution is 5.98. The largest absolute Gasteiger partial charge is 0.383 e. The lowest BCUT2D eigenvalue weighted by molar-refractivity contribution is 0.1000. The molecule has 0 atom stereocenters. The third-order valence-electron chi connectivity index (χ3n) is 2.74. The van der Waals surface area contributed by atoms with Gasteiger partial charge < -0.3 is 16.4 Å². The number of nitrogens with two attached hydrogens (primary N) is 2. The molecular weight excluding hydrogens is 206 g/mol. The Hall–Kier alpha value is -1.85. The third-order valence-corrected chi connectivity index (χ3v) is 2.74. The van der Waals surface area contributed by atoms with E-state index in [9.17, 15) is 4.79 Å². The fourth-order valence-electron chi connectivity index (χ4n) is 1.94. The van der Waals surface area contributed by atoms with Crippen molar-refractivity contribution in [2.24, 2.45) is 5.73 Å². The molecule has 0 aliphatic carbocycles. The van der Waals surface area contributed by atoms with E-state index in [4.69, 9.17) is 11.5 Å². The molecule has 6 nitrogen and oxygen atoms in total. The number of hydrogen-bond acceptors (Lipinski definition) is 5. The number of aryl methyl sites for hydroxylation is 1. The zero-order valence-corrected chi connectivity index (χ0v) is 9.23. The van der Waals surface area contributed by atoms with Crippen molar-refractivity contribution in [2.45, 2.75) is 19.8 Å². The van der Waals surface area contributed by atoms with Gasteiger partial charge in [-0.25, -0.2) is 4.98 Å². The number of amides is 1. The van der Waals surface area contributed by atoms with Crippen molar-refractivity contribution in [2.75, 3.05) is 23.7 Å². The first kappa shape index (κ1) is 10.7. The highest BCUT2D eigenvalue weighted by Crippen LogP contribution is 2.20. The number of hydrogen-bond donors (Lipinski definition) is 2. The lowest BCUT2D eigenvalue weighted by Crippen LogP contribution is -2.24. The molecule has 1 saturated heterocycles. The Morgan fingerprint density at radius 3 is 2.44 bits per heavy atom. The van der Waals surface area contributed by atoms with Gasteiger partial charge in [-0.2, -0.15) is 4.98 Å². The summed E-state index contributed by atoms with van der Waals surface area (Å²) in [6.45, 7) is 3.60. The molecule has 0 radical (unpaired) electrons. The van der Waals surface area contributed by atoms with Gasteiger partial charge in [-0.3, -0.25) is 4.79 Å². The van der Waals surface area contributed by atoms with Crippen LogP contribution in [0.3, 0.4) is 0 Å². The molecule has 86 valence electrons. The summed E-state index contributed by atoms with van der Waals surface area (Å²) >= 11 is 0. The van der Waals surface area contributed by atoms with E-state index >= 15 is 0 Å². The summed E-state index contributed by atoms with van der Waals surface area (Å²) in [7, 11) is 0. The summed E-state index contributed by atoms with van der Waals surface area (Å²) in [6.07, 6.45) is 2.28. The maximum absolute atomic E-state index is 11.1. The Bertz CT molecular complexity index is 402. The lowest BCUT2D eigenvalue weighted by Gasteiger charge is -2.16. The molecule has 2 heterocycles. The minimum Gasteiger partial charge on any atom is -0.383 e. The minimum absolute atomic E-state index is 0.168. The molecule has 1 aromatic heterocycles. The first-order chi connectivity index (χ1) is 7.59. The van der Waals surface area contributed by atoms with Gasteiger partial charge in [0.15, 0.2) is 0 Å². The van der Waals surface area contributed by atoms with E-state index in [1.54, 1.807) is 6.92 Å². The van der Waals surface area contributed by atoms with Crippen LogP contribution < -0.4 is 16.4 Å². The number of nitrogen functional groups attached to an aromatic ring is 1. The molecule has 0 saturated carbocycles. The number of aromatic nitrogens is 2. The van der Waals surface area contributed by atoms with E-state index in [2.05, 4.69) is 14.9 Å². The molecule has 4 N–H and O–H groups in total. The van der Waals surface area contributed by atoms with Gasteiger partial charge in [0.05, 0.1) is 5.69 Å². The molecule has 1 aliphatic heterocycles. The van der Waals surface area contributed by atoms with Crippen molar-refractivity contribution < 1.29 is 4.79 Å². The predicted octanol–water partition coefficient (Wildman–Crippen LogP) is 0.0663. The van der Waals surface area contributed by atoms with Crippen molar-refractivity contribution in [1.82, 2.24) is 9.97 Å². The average molecular weight is 221 g/mol. The molecule has 0 unspecified atom stereocenters. The van der Waals surface area contributed by atoms with Gasteiger partial charge in [0.1, 0.15) is 11.4 Å². The Morgan fingerprint density at radius 1 is 1.31 bits per heavy atom. The quantitative estimate of drug-likeness (QED) is 0.736. The van der Waals surface area contributed by atoms with Crippen LogP contribution in [-0.4, -0.2) is 29.0 Å². The van der Waals surface area contributed by atoms with Crippen molar-refractivity contribution in [3.05, 3.63) is 11.3 Å². The van der Waals surface area contributed by atoms with Gasteiger partial charge in [-0.1, -0.05) is 0 Å². The SMILES string of the molecule is Cc1nc(N2CCCC2)nc(N)c1C(N)=O. The van der Waals surface area contributed by atoms with Crippen LogP contribution in [0.2, 0.25) is 0 Å². The van der Waals surface area contributed by atoms with Crippen molar-refractivity contribution in [3.8, 4) is 0 Å². The number of rotatable bonds is 2. The van der Waals surface area contributed by atoms with Gasteiger partial charge in [-0.15, -0.1) is 0 Å². The fraction of sp³-hybridized carbons (Fsp3) is 0.500. The number of primary amides is 1. The van der Waals surface area contributed by atoms with Crippen LogP contribution in [0.4, 0.5) is 11.8 Å². The van der Waals surface area contributed by atoms with Gasteiger partial charge in [-0.05, 0) is 19.8 Å². The summed E-state index contributed by atoms with van der Waals surface area (Å²) < 4.78 is 0. The average Bonchev–Trinajstić information content (AvgIpc) is 2.67. The lowest BCUT2D eigenvalue weighted by atomic mass is 10.2. The van der Waals surface area contributed by atoms with Gasteiger partial charge in [0, 0.05) is 13.1 Å². The third kappa shape index (κ3) is 1.78. The van der Waals surface area contributed by atoms with Crippen LogP contribution >= 0.6 is 0 Å². The molecule has 1 aromatic rings. The summed E-state index contributed by atoms with van der Waals surface area (Å²) in [4.78, 5) is 21.6. The number of carbonyl (C=O) groups is 1. The molecule has 1 fully saturated rings. The van der Waals surface area contributed by atoms with E-state index in [1.807, 2.05) is 0 Å². The van der Waals surface area contributed by atoms with Gasteiger partial charge in [0.25, 0.3) is 5.91 Å².